The predicted molar refractivity (Wildman–Crippen MR) is 99.0 cm³/mol. The second-order valence-electron chi connectivity index (χ2n) is 6.89. The summed E-state index contributed by atoms with van der Waals surface area (Å²) in [6.45, 7) is 1.16. The van der Waals surface area contributed by atoms with Crippen LogP contribution in [0.4, 0.5) is 10.5 Å². The van der Waals surface area contributed by atoms with Crippen molar-refractivity contribution >= 4 is 35.3 Å². The van der Waals surface area contributed by atoms with Gasteiger partial charge in [-0.25, -0.2) is 4.79 Å². The van der Waals surface area contributed by atoms with Crippen molar-refractivity contribution < 1.29 is 14.4 Å². The van der Waals surface area contributed by atoms with E-state index in [1.54, 1.807) is 21.6 Å². The summed E-state index contributed by atoms with van der Waals surface area (Å²) in [5, 5.41) is 5.72. The molecule has 26 heavy (non-hydrogen) atoms. The minimum Gasteiger partial charge on any atom is -0.332 e. The topological polar surface area (TPSA) is 81.8 Å². The Balaban J connectivity index is 1.44. The fourth-order valence-electron chi connectivity index (χ4n) is 4.18. The second-order valence-corrected chi connectivity index (χ2v) is 7.77. The summed E-state index contributed by atoms with van der Waals surface area (Å²) < 4.78 is 0. The molecule has 3 atom stereocenters. The van der Waals surface area contributed by atoms with E-state index in [4.69, 9.17) is 0 Å². The number of rotatable bonds is 3. The highest BCUT2D eigenvalue weighted by atomic mass is 32.2. The summed E-state index contributed by atoms with van der Waals surface area (Å²) >= 11 is 1.60. The third-order valence-electron chi connectivity index (χ3n) is 5.40. The number of carbonyl (C=O) groups excluding carboxylic acids is 3. The van der Waals surface area contributed by atoms with E-state index in [2.05, 4.69) is 10.6 Å². The highest BCUT2D eigenvalue weighted by Crippen LogP contribution is 2.32. The van der Waals surface area contributed by atoms with Crippen molar-refractivity contribution in [3.05, 3.63) is 24.3 Å². The number of thioether (sulfide) groups is 1. The van der Waals surface area contributed by atoms with Gasteiger partial charge in [-0.15, -0.1) is 11.8 Å². The van der Waals surface area contributed by atoms with E-state index in [-0.39, 0.29) is 29.9 Å². The number of nitrogens with one attached hydrogen (secondary N) is 2. The zero-order valence-corrected chi connectivity index (χ0v) is 15.4. The van der Waals surface area contributed by atoms with Crippen LogP contribution < -0.4 is 10.6 Å². The maximum Gasteiger partial charge on any atom is 0.319 e. The van der Waals surface area contributed by atoms with Crippen LogP contribution >= 0.6 is 11.8 Å². The molecule has 138 valence electrons. The number of nitrogens with zero attached hydrogens (tertiary/aromatic N) is 2. The number of carbonyl (C=O) groups is 3. The molecular formula is C18H22N4O3S. The SMILES string of the molecule is CSc1cccc(NC(=O)NC2CCN3C(=O)C4CCCN4C(=O)C23)c1. The Hall–Kier alpha value is -2.22. The Bertz CT molecular complexity index is 756. The van der Waals surface area contributed by atoms with Gasteiger partial charge in [0.1, 0.15) is 12.1 Å². The van der Waals surface area contributed by atoms with Gasteiger partial charge >= 0.3 is 6.03 Å². The molecule has 3 heterocycles. The van der Waals surface area contributed by atoms with E-state index in [0.29, 0.717) is 25.2 Å². The molecule has 1 aromatic carbocycles. The average molecular weight is 374 g/mol. The van der Waals surface area contributed by atoms with Gasteiger partial charge in [-0.2, -0.15) is 0 Å². The van der Waals surface area contributed by atoms with E-state index in [1.165, 1.54) is 0 Å². The van der Waals surface area contributed by atoms with E-state index < -0.39 is 6.04 Å². The largest absolute Gasteiger partial charge is 0.332 e. The average Bonchev–Trinajstić information content (AvgIpc) is 3.27. The summed E-state index contributed by atoms with van der Waals surface area (Å²) in [7, 11) is 0. The molecule has 0 bridgehead atoms. The van der Waals surface area contributed by atoms with Gasteiger partial charge in [-0.3, -0.25) is 9.59 Å². The molecule has 2 N–H and O–H groups in total. The number of anilines is 1. The van der Waals surface area contributed by atoms with Crippen molar-refractivity contribution in [2.75, 3.05) is 24.7 Å². The Morgan fingerprint density at radius 2 is 2.00 bits per heavy atom. The number of hydrogen-bond acceptors (Lipinski definition) is 4. The van der Waals surface area contributed by atoms with Crippen molar-refractivity contribution in [1.82, 2.24) is 15.1 Å². The van der Waals surface area contributed by atoms with E-state index >= 15 is 0 Å². The lowest BCUT2D eigenvalue weighted by atomic mass is 10.0. The molecule has 3 aliphatic rings. The molecule has 3 fully saturated rings. The van der Waals surface area contributed by atoms with Gasteiger partial charge in [-0.1, -0.05) is 6.07 Å². The van der Waals surface area contributed by atoms with Crippen molar-refractivity contribution in [2.24, 2.45) is 0 Å². The first kappa shape index (κ1) is 17.2. The fraction of sp³-hybridized carbons (Fsp3) is 0.500. The molecule has 3 aliphatic heterocycles. The Kier molecular flexibility index (Phi) is 4.52. The lowest BCUT2D eigenvalue weighted by molar-refractivity contribution is -0.157. The van der Waals surface area contributed by atoms with Gasteiger partial charge in [0.15, 0.2) is 0 Å². The van der Waals surface area contributed by atoms with Gasteiger partial charge in [0.05, 0.1) is 6.04 Å². The quantitative estimate of drug-likeness (QED) is 0.786. The summed E-state index contributed by atoms with van der Waals surface area (Å²) in [6, 6.07) is 6.02. The lowest BCUT2D eigenvalue weighted by Crippen LogP contribution is -2.64. The zero-order chi connectivity index (χ0) is 18.3. The summed E-state index contributed by atoms with van der Waals surface area (Å²) in [5.41, 5.74) is 0.704. The monoisotopic (exact) mass is 374 g/mol. The highest BCUT2D eigenvalue weighted by molar-refractivity contribution is 7.98. The van der Waals surface area contributed by atoms with Crippen LogP contribution in [0.15, 0.2) is 29.2 Å². The number of piperazine rings is 1. The molecule has 0 spiro atoms. The van der Waals surface area contributed by atoms with Crippen molar-refractivity contribution in [3.8, 4) is 0 Å². The fourth-order valence-corrected chi connectivity index (χ4v) is 4.64. The third kappa shape index (κ3) is 2.92. The molecule has 7 nitrogen and oxygen atoms in total. The van der Waals surface area contributed by atoms with Crippen LogP contribution in [0.2, 0.25) is 0 Å². The number of hydrogen-bond donors (Lipinski definition) is 2. The first-order valence-corrected chi connectivity index (χ1v) is 10.1. The molecule has 3 unspecified atom stereocenters. The van der Waals surface area contributed by atoms with Gasteiger partial charge in [0.2, 0.25) is 11.8 Å². The molecular weight excluding hydrogens is 352 g/mol. The van der Waals surface area contributed by atoms with Gasteiger partial charge in [0, 0.05) is 23.7 Å². The standard InChI is InChI=1S/C18H22N4O3S/c1-26-12-5-2-4-11(10-12)19-18(25)20-13-7-9-22-15(13)17(24)21-8-3-6-14(21)16(22)23/h2,4-5,10,13-15H,3,6-9H2,1H3,(H2,19,20,25). The van der Waals surface area contributed by atoms with E-state index in [0.717, 1.165) is 17.7 Å². The Morgan fingerprint density at radius 1 is 1.15 bits per heavy atom. The Morgan fingerprint density at radius 3 is 2.81 bits per heavy atom. The number of fused-ring (bicyclic) bond motifs is 2. The molecule has 4 amide bonds. The molecule has 0 aliphatic carbocycles. The predicted octanol–water partition coefficient (Wildman–Crippen LogP) is 1.50. The number of amides is 4. The molecule has 3 saturated heterocycles. The van der Waals surface area contributed by atoms with Crippen LogP contribution in [-0.2, 0) is 9.59 Å². The maximum atomic E-state index is 12.8. The van der Waals surface area contributed by atoms with Crippen LogP contribution in [0.5, 0.6) is 0 Å². The minimum absolute atomic E-state index is 0.0284. The molecule has 8 heteroatoms. The van der Waals surface area contributed by atoms with Crippen LogP contribution in [0, 0.1) is 0 Å². The maximum absolute atomic E-state index is 12.8. The van der Waals surface area contributed by atoms with Crippen LogP contribution in [0.3, 0.4) is 0 Å². The normalized spacial score (nSPS) is 27.3. The minimum atomic E-state index is -0.569. The first-order chi connectivity index (χ1) is 12.6. The van der Waals surface area contributed by atoms with Crippen molar-refractivity contribution in [2.45, 2.75) is 42.3 Å². The van der Waals surface area contributed by atoms with Gasteiger partial charge in [-0.05, 0) is 43.7 Å². The Labute approximate surface area is 156 Å². The van der Waals surface area contributed by atoms with E-state index in [9.17, 15) is 14.4 Å². The smallest absolute Gasteiger partial charge is 0.319 e. The highest BCUT2D eigenvalue weighted by Gasteiger charge is 2.53. The van der Waals surface area contributed by atoms with Crippen LogP contribution in [-0.4, -0.2) is 65.1 Å². The zero-order valence-electron chi connectivity index (χ0n) is 14.6. The van der Waals surface area contributed by atoms with Gasteiger partial charge in [0.25, 0.3) is 0 Å². The summed E-state index contributed by atoms with van der Waals surface area (Å²) in [5.74, 6) is 0.00348. The molecule has 4 rings (SSSR count). The molecule has 0 radical (unpaired) electrons. The number of benzene rings is 1. The van der Waals surface area contributed by atoms with E-state index in [1.807, 2.05) is 30.5 Å². The molecule has 1 aromatic rings. The van der Waals surface area contributed by atoms with Crippen LogP contribution in [0.1, 0.15) is 19.3 Å². The second kappa shape index (κ2) is 6.83. The van der Waals surface area contributed by atoms with Crippen LogP contribution in [0.25, 0.3) is 0 Å². The first-order valence-electron chi connectivity index (χ1n) is 8.91. The van der Waals surface area contributed by atoms with Crippen molar-refractivity contribution in [3.63, 3.8) is 0 Å². The summed E-state index contributed by atoms with van der Waals surface area (Å²) in [4.78, 5) is 42.3. The molecule has 0 saturated carbocycles. The molecule has 0 aromatic heterocycles. The van der Waals surface area contributed by atoms with Gasteiger partial charge < -0.3 is 20.4 Å². The number of urea groups is 1. The lowest BCUT2D eigenvalue weighted by Gasteiger charge is -2.40. The summed E-state index contributed by atoms with van der Waals surface area (Å²) in [6.07, 6.45) is 4.19. The third-order valence-corrected chi connectivity index (χ3v) is 6.12. The van der Waals surface area contributed by atoms with Crippen molar-refractivity contribution in [1.29, 1.82) is 0 Å².